The number of carbonyl (C=O) groups is 2. The average molecular weight is 372 g/mol. The summed E-state index contributed by atoms with van der Waals surface area (Å²) in [4.78, 5) is 23.6. The Bertz CT molecular complexity index is 842. The van der Waals surface area contributed by atoms with Crippen molar-refractivity contribution in [3.8, 4) is 17.2 Å². The predicted octanol–water partition coefficient (Wildman–Crippen LogP) is 2.19. The van der Waals surface area contributed by atoms with E-state index in [1.807, 2.05) is 0 Å². The summed E-state index contributed by atoms with van der Waals surface area (Å²) < 4.78 is 10.1. The summed E-state index contributed by atoms with van der Waals surface area (Å²) in [5.41, 5.74) is 0.0736. The van der Waals surface area contributed by atoms with Gasteiger partial charge in [-0.2, -0.15) is 0 Å². The molecule has 142 valence electrons. The zero-order valence-corrected chi connectivity index (χ0v) is 14.7. The van der Waals surface area contributed by atoms with E-state index in [0.29, 0.717) is 0 Å². The van der Waals surface area contributed by atoms with E-state index in [4.69, 9.17) is 9.47 Å². The monoisotopic (exact) mass is 372 g/mol. The van der Waals surface area contributed by atoms with Gasteiger partial charge in [0, 0.05) is 12.1 Å². The van der Waals surface area contributed by atoms with E-state index in [2.05, 4.69) is 0 Å². The first kappa shape index (κ1) is 20.0. The lowest BCUT2D eigenvalue weighted by molar-refractivity contribution is -0.141. The second-order valence-electron chi connectivity index (χ2n) is 5.62. The number of benzene rings is 2. The Kier molecular flexibility index (Phi) is 6.96. The Hall–Kier alpha value is -3.32. The zero-order valence-electron chi connectivity index (χ0n) is 14.7. The molecule has 0 radical (unpaired) electrons. The molecule has 1 unspecified atom stereocenters. The topological polar surface area (TPSA) is 113 Å². The molecule has 2 rings (SSSR count). The second kappa shape index (κ2) is 9.40. The summed E-state index contributed by atoms with van der Waals surface area (Å²) in [5.74, 6) is -1.39. The lowest BCUT2D eigenvalue weighted by Crippen LogP contribution is -2.24. The fourth-order valence-electron chi connectivity index (χ4n) is 2.21. The number of hydrogen-bond donors (Lipinski definition) is 3. The number of ether oxygens (including phenoxy) is 2. The van der Waals surface area contributed by atoms with Gasteiger partial charge in [0.25, 0.3) is 0 Å². The molecular formula is C20H20O7. The van der Waals surface area contributed by atoms with Gasteiger partial charge in [-0.05, 0) is 31.2 Å². The van der Waals surface area contributed by atoms with Crippen LogP contribution in [0.1, 0.15) is 22.8 Å². The van der Waals surface area contributed by atoms with Crippen LogP contribution in [0.15, 0.2) is 54.6 Å². The maximum atomic E-state index is 12.4. The largest absolute Gasteiger partial charge is 0.507 e. The normalized spacial score (nSPS) is 11.9. The Labute approximate surface area is 156 Å². The van der Waals surface area contributed by atoms with Gasteiger partial charge in [-0.25, -0.2) is 4.79 Å². The van der Waals surface area contributed by atoms with Crippen LogP contribution in [-0.2, 0) is 9.53 Å². The molecule has 0 amide bonds. The minimum atomic E-state index is -1.05. The highest BCUT2D eigenvalue weighted by Crippen LogP contribution is 2.28. The molecule has 2 aromatic rings. The number of para-hydroxylation sites is 1. The van der Waals surface area contributed by atoms with Crippen LogP contribution in [0.2, 0.25) is 0 Å². The maximum Gasteiger partial charge on any atom is 0.330 e. The van der Waals surface area contributed by atoms with Crippen LogP contribution in [0.5, 0.6) is 17.2 Å². The molecule has 0 aliphatic carbocycles. The van der Waals surface area contributed by atoms with Gasteiger partial charge >= 0.3 is 5.97 Å². The molecule has 3 N–H and O–H groups in total. The lowest BCUT2D eigenvalue weighted by atomic mass is 10.0. The van der Waals surface area contributed by atoms with E-state index in [1.54, 1.807) is 19.1 Å². The zero-order chi connectivity index (χ0) is 19.8. The summed E-state index contributed by atoms with van der Waals surface area (Å²) >= 11 is 0. The number of rotatable bonds is 8. The van der Waals surface area contributed by atoms with Crippen molar-refractivity contribution < 1.29 is 34.4 Å². The molecule has 7 nitrogen and oxygen atoms in total. The van der Waals surface area contributed by atoms with E-state index in [1.165, 1.54) is 42.5 Å². The SMILES string of the molecule is CC=CC(=O)OCC(O)COc1ccc(C(=O)c2ccccc2O)c(O)c1. The van der Waals surface area contributed by atoms with Crippen molar-refractivity contribution in [1.82, 2.24) is 0 Å². The average Bonchev–Trinajstić information content (AvgIpc) is 2.65. The van der Waals surface area contributed by atoms with Gasteiger partial charge in [-0.1, -0.05) is 18.2 Å². The van der Waals surface area contributed by atoms with Crippen LogP contribution in [-0.4, -0.2) is 46.4 Å². The molecule has 0 aliphatic heterocycles. The highest BCUT2D eigenvalue weighted by molar-refractivity contribution is 6.12. The van der Waals surface area contributed by atoms with E-state index in [9.17, 15) is 24.9 Å². The third kappa shape index (κ3) is 5.58. The van der Waals surface area contributed by atoms with Crippen molar-refractivity contribution in [2.75, 3.05) is 13.2 Å². The van der Waals surface area contributed by atoms with Crippen LogP contribution < -0.4 is 4.74 Å². The second-order valence-corrected chi connectivity index (χ2v) is 5.62. The van der Waals surface area contributed by atoms with Crippen LogP contribution >= 0.6 is 0 Å². The van der Waals surface area contributed by atoms with Crippen molar-refractivity contribution >= 4 is 11.8 Å². The minimum absolute atomic E-state index is 0.00433. The number of aromatic hydroxyl groups is 2. The lowest BCUT2D eigenvalue weighted by Gasteiger charge is -2.13. The third-order valence-electron chi connectivity index (χ3n) is 3.53. The number of allylic oxidation sites excluding steroid dienone is 1. The van der Waals surface area contributed by atoms with Gasteiger partial charge in [-0.3, -0.25) is 4.79 Å². The number of phenolic OH excluding ortho intramolecular Hbond substituents is 2. The summed E-state index contributed by atoms with van der Waals surface area (Å²) in [6.45, 7) is 1.26. The van der Waals surface area contributed by atoms with Crippen LogP contribution in [0.3, 0.4) is 0 Å². The van der Waals surface area contributed by atoms with Gasteiger partial charge < -0.3 is 24.8 Å². The first-order valence-corrected chi connectivity index (χ1v) is 8.18. The van der Waals surface area contributed by atoms with Gasteiger partial charge in [-0.15, -0.1) is 0 Å². The number of phenols is 2. The molecule has 0 aromatic heterocycles. The highest BCUT2D eigenvalue weighted by atomic mass is 16.5. The number of ketones is 1. The van der Waals surface area contributed by atoms with Gasteiger partial charge in [0.2, 0.25) is 0 Å². The van der Waals surface area contributed by atoms with Crippen molar-refractivity contribution in [1.29, 1.82) is 0 Å². The Balaban J connectivity index is 1.97. The van der Waals surface area contributed by atoms with Crippen molar-refractivity contribution in [3.05, 3.63) is 65.7 Å². The summed E-state index contributed by atoms with van der Waals surface area (Å²) in [6, 6.07) is 10.1. The van der Waals surface area contributed by atoms with Gasteiger partial charge in [0.1, 0.15) is 36.6 Å². The maximum absolute atomic E-state index is 12.4. The molecule has 0 aliphatic rings. The molecule has 7 heteroatoms. The molecule has 0 heterocycles. The Morgan fingerprint density at radius 3 is 2.41 bits per heavy atom. The van der Waals surface area contributed by atoms with Crippen molar-refractivity contribution in [2.24, 2.45) is 0 Å². The van der Waals surface area contributed by atoms with E-state index in [-0.39, 0.29) is 41.6 Å². The van der Waals surface area contributed by atoms with Crippen molar-refractivity contribution in [2.45, 2.75) is 13.0 Å². The molecule has 0 spiro atoms. The van der Waals surface area contributed by atoms with Gasteiger partial charge in [0.05, 0.1) is 11.1 Å². The molecule has 1 atom stereocenters. The molecule has 2 aromatic carbocycles. The molecule has 27 heavy (non-hydrogen) atoms. The first-order valence-electron chi connectivity index (χ1n) is 8.18. The van der Waals surface area contributed by atoms with E-state index in [0.717, 1.165) is 0 Å². The molecule has 0 fully saturated rings. The molecular weight excluding hydrogens is 352 g/mol. The molecule has 0 saturated heterocycles. The van der Waals surface area contributed by atoms with Crippen molar-refractivity contribution in [3.63, 3.8) is 0 Å². The summed E-state index contributed by atoms with van der Waals surface area (Å²) in [6.07, 6.45) is 1.70. The number of aliphatic hydroxyl groups is 1. The quantitative estimate of drug-likeness (QED) is 0.370. The predicted molar refractivity (Wildman–Crippen MR) is 96.9 cm³/mol. The minimum Gasteiger partial charge on any atom is -0.507 e. The fraction of sp³-hybridized carbons (Fsp3) is 0.200. The summed E-state index contributed by atoms with van der Waals surface area (Å²) in [7, 11) is 0. The van der Waals surface area contributed by atoms with Crippen LogP contribution in [0.25, 0.3) is 0 Å². The number of aliphatic hydroxyl groups excluding tert-OH is 1. The standard InChI is InChI=1S/C20H20O7/c1-2-5-19(24)27-12-13(21)11-26-14-8-9-16(18(23)10-14)20(25)15-6-3-4-7-17(15)22/h2-10,13,21-23H,11-12H2,1H3. The fourth-order valence-corrected chi connectivity index (χ4v) is 2.21. The van der Waals surface area contributed by atoms with E-state index >= 15 is 0 Å². The highest BCUT2D eigenvalue weighted by Gasteiger charge is 2.17. The van der Waals surface area contributed by atoms with Crippen LogP contribution in [0, 0.1) is 0 Å². The Morgan fingerprint density at radius 2 is 1.74 bits per heavy atom. The van der Waals surface area contributed by atoms with Crippen LogP contribution in [0.4, 0.5) is 0 Å². The third-order valence-corrected chi connectivity index (χ3v) is 3.53. The first-order chi connectivity index (χ1) is 12.9. The smallest absolute Gasteiger partial charge is 0.330 e. The molecule has 0 bridgehead atoms. The number of hydrogen-bond acceptors (Lipinski definition) is 7. The van der Waals surface area contributed by atoms with Gasteiger partial charge in [0.15, 0.2) is 5.78 Å². The molecule has 0 saturated carbocycles. The summed E-state index contributed by atoms with van der Waals surface area (Å²) in [5, 5.41) is 29.6. The number of esters is 1. The number of carbonyl (C=O) groups excluding carboxylic acids is 2. The Morgan fingerprint density at radius 1 is 1.04 bits per heavy atom. The van der Waals surface area contributed by atoms with E-state index < -0.39 is 17.9 Å².